The molecule has 2 aromatic rings. The highest BCUT2D eigenvalue weighted by molar-refractivity contribution is 6.20. The van der Waals surface area contributed by atoms with Crippen molar-refractivity contribution in [3.8, 4) is 0 Å². The second-order valence-electron chi connectivity index (χ2n) is 5.40. The van der Waals surface area contributed by atoms with E-state index in [0.29, 0.717) is 11.5 Å². The molecule has 23 heavy (non-hydrogen) atoms. The summed E-state index contributed by atoms with van der Waals surface area (Å²) in [6.45, 7) is 1.97. The summed E-state index contributed by atoms with van der Waals surface area (Å²) < 4.78 is 0. The molecule has 2 aromatic carbocycles. The molecule has 0 unspecified atom stereocenters. The smallest absolute Gasteiger partial charge is 0.330 e. The monoisotopic (exact) mass is 309 g/mol. The minimum atomic E-state index is -0.610. The van der Waals surface area contributed by atoms with Gasteiger partial charge in [0, 0.05) is 0 Å². The maximum Gasteiger partial charge on any atom is 0.333 e. The van der Waals surface area contributed by atoms with E-state index in [1.54, 1.807) is 12.1 Å². The van der Waals surface area contributed by atoms with Crippen LogP contribution in [-0.2, 0) is 16.1 Å². The molecule has 3 rings (SSSR count). The van der Waals surface area contributed by atoms with Gasteiger partial charge in [0.1, 0.15) is 0 Å². The summed E-state index contributed by atoms with van der Waals surface area (Å²) in [7, 11) is 0. The SMILES string of the molecule is Cc1cccc(CCC(=O)ON2C(=O)c3ccccc3C2=O)c1. The zero-order chi connectivity index (χ0) is 16.4. The Balaban J connectivity index is 1.63. The van der Waals surface area contributed by atoms with Crippen LogP contribution < -0.4 is 0 Å². The largest absolute Gasteiger partial charge is 0.333 e. The van der Waals surface area contributed by atoms with Crippen LogP contribution in [0.5, 0.6) is 0 Å². The standard InChI is InChI=1S/C18H15NO4/c1-12-5-4-6-13(11-12)9-10-16(20)23-19-17(21)14-7-2-3-8-15(14)18(19)22/h2-8,11H,9-10H2,1H3. The third-order valence-electron chi connectivity index (χ3n) is 3.65. The number of aryl methyl sites for hydroxylation is 2. The minimum Gasteiger partial charge on any atom is -0.330 e. The van der Waals surface area contributed by atoms with Crippen LogP contribution in [0.25, 0.3) is 0 Å². The van der Waals surface area contributed by atoms with E-state index in [4.69, 9.17) is 4.84 Å². The second kappa shape index (κ2) is 6.04. The van der Waals surface area contributed by atoms with Crippen molar-refractivity contribution in [3.05, 3.63) is 70.8 Å². The van der Waals surface area contributed by atoms with Gasteiger partial charge in [-0.3, -0.25) is 9.59 Å². The molecule has 0 bridgehead atoms. The first-order chi connectivity index (χ1) is 11.1. The van der Waals surface area contributed by atoms with E-state index in [0.717, 1.165) is 11.1 Å². The van der Waals surface area contributed by atoms with Crippen molar-refractivity contribution in [1.82, 2.24) is 5.06 Å². The number of rotatable bonds is 4. The van der Waals surface area contributed by atoms with Crippen LogP contribution in [0.2, 0.25) is 0 Å². The summed E-state index contributed by atoms with van der Waals surface area (Å²) in [4.78, 5) is 41.1. The Bertz CT molecular complexity index is 762. The molecular weight excluding hydrogens is 294 g/mol. The molecule has 0 aromatic heterocycles. The minimum absolute atomic E-state index is 0.0941. The molecular formula is C18H15NO4. The van der Waals surface area contributed by atoms with Crippen LogP contribution in [0.4, 0.5) is 0 Å². The number of benzene rings is 2. The zero-order valence-corrected chi connectivity index (χ0v) is 12.6. The topological polar surface area (TPSA) is 63.7 Å². The summed E-state index contributed by atoms with van der Waals surface area (Å²) >= 11 is 0. The predicted molar refractivity (Wildman–Crippen MR) is 82.5 cm³/mol. The maximum atomic E-state index is 12.1. The first kappa shape index (κ1) is 15.0. The van der Waals surface area contributed by atoms with Gasteiger partial charge >= 0.3 is 5.97 Å². The number of hydrogen-bond donors (Lipinski definition) is 0. The molecule has 0 fully saturated rings. The maximum absolute atomic E-state index is 12.1. The Morgan fingerprint density at radius 1 is 1.00 bits per heavy atom. The lowest BCUT2D eigenvalue weighted by Gasteiger charge is -2.12. The Hall–Kier alpha value is -2.95. The summed E-state index contributed by atoms with van der Waals surface area (Å²) in [5.74, 6) is -1.81. The first-order valence-corrected chi connectivity index (χ1v) is 7.30. The van der Waals surface area contributed by atoms with Crippen LogP contribution in [0.15, 0.2) is 48.5 Å². The predicted octanol–water partition coefficient (Wildman–Crippen LogP) is 2.68. The molecule has 5 nitrogen and oxygen atoms in total. The van der Waals surface area contributed by atoms with Crippen molar-refractivity contribution in [2.45, 2.75) is 19.8 Å². The van der Waals surface area contributed by atoms with Gasteiger partial charge in [0.2, 0.25) is 0 Å². The van der Waals surface area contributed by atoms with Crippen molar-refractivity contribution >= 4 is 17.8 Å². The van der Waals surface area contributed by atoms with Gasteiger partial charge in [0.25, 0.3) is 11.8 Å². The highest BCUT2D eigenvalue weighted by Gasteiger charge is 2.38. The van der Waals surface area contributed by atoms with Crippen molar-refractivity contribution in [1.29, 1.82) is 0 Å². The average molecular weight is 309 g/mol. The fraction of sp³-hybridized carbons (Fsp3) is 0.167. The second-order valence-corrected chi connectivity index (χ2v) is 5.40. The molecule has 0 saturated carbocycles. The van der Waals surface area contributed by atoms with Gasteiger partial charge in [-0.15, -0.1) is 0 Å². The number of carbonyl (C=O) groups excluding carboxylic acids is 3. The lowest BCUT2D eigenvalue weighted by molar-refractivity contribution is -0.168. The number of fused-ring (bicyclic) bond motifs is 1. The normalized spacial score (nSPS) is 13.2. The van der Waals surface area contributed by atoms with E-state index in [-0.39, 0.29) is 17.5 Å². The highest BCUT2D eigenvalue weighted by Crippen LogP contribution is 2.23. The van der Waals surface area contributed by atoms with Crippen LogP contribution in [-0.4, -0.2) is 22.8 Å². The zero-order valence-electron chi connectivity index (χ0n) is 12.6. The molecule has 1 aliphatic rings. The highest BCUT2D eigenvalue weighted by atomic mass is 16.7. The van der Waals surface area contributed by atoms with Gasteiger partial charge in [-0.05, 0) is 31.0 Å². The molecule has 0 atom stereocenters. The Kier molecular flexibility index (Phi) is 3.93. The lowest BCUT2D eigenvalue weighted by Crippen LogP contribution is -2.32. The molecule has 0 saturated heterocycles. The van der Waals surface area contributed by atoms with E-state index < -0.39 is 17.8 Å². The third kappa shape index (κ3) is 2.99. The van der Waals surface area contributed by atoms with Gasteiger partial charge in [-0.1, -0.05) is 47.0 Å². The number of carbonyl (C=O) groups is 3. The van der Waals surface area contributed by atoms with E-state index in [9.17, 15) is 14.4 Å². The van der Waals surface area contributed by atoms with Crippen LogP contribution in [0.3, 0.4) is 0 Å². The van der Waals surface area contributed by atoms with E-state index in [1.807, 2.05) is 31.2 Å². The molecule has 1 aliphatic heterocycles. The molecule has 0 aliphatic carbocycles. The van der Waals surface area contributed by atoms with E-state index in [1.165, 1.54) is 12.1 Å². The molecule has 116 valence electrons. The molecule has 1 heterocycles. The van der Waals surface area contributed by atoms with Crippen molar-refractivity contribution in [2.24, 2.45) is 0 Å². The average Bonchev–Trinajstić information content (AvgIpc) is 2.79. The van der Waals surface area contributed by atoms with E-state index >= 15 is 0 Å². The lowest BCUT2D eigenvalue weighted by atomic mass is 10.1. The molecule has 0 spiro atoms. The third-order valence-corrected chi connectivity index (χ3v) is 3.65. The first-order valence-electron chi connectivity index (χ1n) is 7.30. The fourth-order valence-corrected chi connectivity index (χ4v) is 2.51. The van der Waals surface area contributed by atoms with Gasteiger partial charge < -0.3 is 4.84 Å². The van der Waals surface area contributed by atoms with Crippen LogP contribution in [0.1, 0.15) is 38.3 Å². The Morgan fingerprint density at radius 3 is 2.26 bits per heavy atom. The van der Waals surface area contributed by atoms with Gasteiger partial charge in [0.05, 0.1) is 17.5 Å². The molecule has 0 radical (unpaired) electrons. The van der Waals surface area contributed by atoms with Crippen molar-refractivity contribution in [2.75, 3.05) is 0 Å². The van der Waals surface area contributed by atoms with Gasteiger partial charge in [0.15, 0.2) is 0 Å². The van der Waals surface area contributed by atoms with Gasteiger partial charge in [-0.25, -0.2) is 4.79 Å². The quantitative estimate of drug-likeness (QED) is 0.815. The van der Waals surface area contributed by atoms with Crippen molar-refractivity contribution < 1.29 is 19.2 Å². The molecule has 0 N–H and O–H groups in total. The summed E-state index contributed by atoms with van der Waals surface area (Å²) in [6.07, 6.45) is 0.584. The van der Waals surface area contributed by atoms with Crippen LogP contribution >= 0.6 is 0 Å². The summed E-state index contributed by atoms with van der Waals surface area (Å²) in [5.41, 5.74) is 2.62. The number of amides is 2. The number of imide groups is 1. The van der Waals surface area contributed by atoms with Crippen molar-refractivity contribution in [3.63, 3.8) is 0 Å². The fourth-order valence-electron chi connectivity index (χ4n) is 2.51. The molecule has 5 heteroatoms. The number of nitrogens with zero attached hydrogens (tertiary/aromatic N) is 1. The van der Waals surface area contributed by atoms with Crippen LogP contribution in [0, 0.1) is 6.92 Å². The summed E-state index contributed by atoms with van der Waals surface area (Å²) in [5, 5.41) is 0.545. The van der Waals surface area contributed by atoms with Gasteiger partial charge in [-0.2, -0.15) is 0 Å². The Morgan fingerprint density at radius 2 is 1.65 bits per heavy atom. The molecule has 2 amide bonds. The number of hydrogen-bond acceptors (Lipinski definition) is 4. The number of hydroxylamine groups is 2. The Labute approximate surface area is 133 Å². The van der Waals surface area contributed by atoms with E-state index in [2.05, 4.69) is 0 Å². The summed E-state index contributed by atoms with van der Waals surface area (Å²) in [6, 6.07) is 14.2.